The van der Waals surface area contributed by atoms with E-state index in [0.29, 0.717) is 38.0 Å². The molecule has 1 aliphatic rings. The minimum Gasteiger partial charge on any atom is -0.497 e. The lowest BCUT2D eigenvalue weighted by Crippen LogP contribution is -2.43. The van der Waals surface area contributed by atoms with Gasteiger partial charge in [0.15, 0.2) is 0 Å². The van der Waals surface area contributed by atoms with E-state index in [-0.39, 0.29) is 17.7 Å². The van der Waals surface area contributed by atoms with Crippen LogP contribution >= 0.6 is 0 Å². The zero-order chi connectivity index (χ0) is 22.5. The number of nitrogens with one attached hydrogen (secondary N) is 1. The van der Waals surface area contributed by atoms with Crippen LogP contribution in [0, 0.1) is 5.92 Å². The molecule has 3 aromatic carbocycles. The molecule has 0 saturated carbocycles. The molecule has 166 valence electrons. The smallest absolute Gasteiger partial charge is 0.254 e. The zero-order valence-electron chi connectivity index (χ0n) is 18.5. The zero-order valence-corrected chi connectivity index (χ0v) is 18.5. The molecule has 1 fully saturated rings. The molecule has 6 heteroatoms. The summed E-state index contributed by atoms with van der Waals surface area (Å²) in [5.41, 5.74) is 1.67. The summed E-state index contributed by atoms with van der Waals surface area (Å²) >= 11 is 0. The van der Waals surface area contributed by atoms with E-state index in [9.17, 15) is 9.59 Å². The highest BCUT2D eigenvalue weighted by Crippen LogP contribution is 2.30. The number of hydrogen-bond donors (Lipinski definition) is 1. The number of nitrogens with zero attached hydrogens (tertiary/aromatic N) is 1. The largest absolute Gasteiger partial charge is 0.497 e. The number of carbonyl (C=O) groups is 2. The summed E-state index contributed by atoms with van der Waals surface area (Å²) in [4.78, 5) is 27.7. The van der Waals surface area contributed by atoms with E-state index in [0.717, 1.165) is 27.8 Å². The second-order valence-electron chi connectivity index (χ2n) is 8.00. The van der Waals surface area contributed by atoms with Crippen molar-refractivity contribution in [1.82, 2.24) is 10.2 Å². The Hall–Kier alpha value is -3.54. The number of benzene rings is 3. The van der Waals surface area contributed by atoms with Crippen molar-refractivity contribution < 1.29 is 19.1 Å². The van der Waals surface area contributed by atoms with E-state index < -0.39 is 0 Å². The van der Waals surface area contributed by atoms with Crippen molar-refractivity contribution in [2.24, 2.45) is 5.92 Å². The Labute approximate surface area is 188 Å². The number of methoxy groups -OCH3 is 2. The SMILES string of the molecule is COc1cccc(CNC(=O)C2CCN(C(=O)c3ccc(OC)c4ccccc34)CC2)c1. The van der Waals surface area contributed by atoms with Crippen molar-refractivity contribution in [2.45, 2.75) is 19.4 Å². The standard InChI is InChI=1S/C26H28N2O4/c1-31-20-7-5-6-18(16-20)17-27-25(29)19-12-14-28(15-13-19)26(30)23-10-11-24(32-2)22-9-4-3-8-21(22)23/h3-11,16,19H,12-15,17H2,1-2H3,(H,27,29). The normalized spacial score (nSPS) is 14.2. The Bertz CT molecular complexity index is 1120. The van der Waals surface area contributed by atoms with Crippen molar-refractivity contribution in [1.29, 1.82) is 0 Å². The molecule has 1 N–H and O–H groups in total. The highest BCUT2D eigenvalue weighted by Gasteiger charge is 2.28. The first-order chi connectivity index (χ1) is 15.6. The maximum absolute atomic E-state index is 13.2. The molecule has 6 nitrogen and oxygen atoms in total. The molecule has 0 aliphatic carbocycles. The van der Waals surface area contributed by atoms with E-state index in [1.54, 1.807) is 14.2 Å². The van der Waals surface area contributed by atoms with Crippen LogP contribution in [0.25, 0.3) is 10.8 Å². The fraction of sp³-hybridized carbons (Fsp3) is 0.308. The lowest BCUT2D eigenvalue weighted by Gasteiger charge is -2.31. The van der Waals surface area contributed by atoms with Gasteiger partial charge in [0.05, 0.1) is 14.2 Å². The molecular formula is C26H28N2O4. The summed E-state index contributed by atoms with van der Waals surface area (Å²) in [5, 5.41) is 4.83. The summed E-state index contributed by atoms with van der Waals surface area (Å²) in [6.07, 6.45) is 1.31. The molecule has 32 heavy (non-hydrogen) atoms. The fourth-order valence-electron chi connectivity index (χ4n) is 4.27. The molecule has 0 aromatic heterocycles. The quantitative estimate of drug-likeness (QED) is 0.639. The molecular weight excluding hydrogens is 404 g/mol. The number of piperidine rings is 1. The molecule has 1 aliphatic heterocycles. The van der Waals surface area contributed by atoms with Crippen molar-refractivity contribution in [3.63, 3.8) is 0 Å². The predicted molar refractivity (Wildman–Crippen MR) is 124 cm³/mol. The van der Waals surface area contributed by atoms with Gasteiger partial charge >= 0.3 is 0 Å². The second-order valence-corrected chi connectivity index (χ2v) is 8.00. The topological polar surface area (TPSA) is 67.9 Å². The van der Waals surface area contributed by atoms with Gasteiger partial charge in [-0.05, 0) is 48.1 Å². The molecule has 3 aromatic rings. The predicted octanol–water partition coefficient (Wildman–Crippen LogP) is 4.03. The van der Waals surface area contributed by atoms with E-state index in [4.69, 9.17) is 9.47 Å². The van der Waals surface area contributed by atoms with Gasteiger partial charge in [-0.3, -0.25) is 9.59 Å². The fourth-order valence-corrected chi connectivity index (χ4v) is 4.27. The van der Waals surface area contributed by atoms with Crippen LogP contribution in [0.5, 0.6) is 11.5 Å². The minimum atomic E-state index is -0.0859. The molecule has 0 unspecified atom stereocenters. The van der Waals surface area contributed by atoms with Crippen LogP contribution in [0.3, 0.4) is 0 Å². The number of fused-ring (bicyclic) bond motifs is 1. The number of carbonyl (C=O) groups excluding carboxylic acids is 2. The monoisotopic (exact) mass is 432 g/mol. The summed E-state index contributed by atoms with van der Waals surface area (Å²) < 4.78 is 10.7. The van der Waals surface area contributed by atoms with Crippen LogP contribution in [0.1, 0.15) is 28.8 Å². The maximum atomic E-state index is 13.2. The van der Waals surface area contributed by atoms with Crippen LogP contribution in [0.15, 0.2) is 60.7 Å². The third-order valence-electron chi connectivity index (χ3n) is 6.09. The van der Waals surface area contributed by atoms with Crippen LogP contribution in [0.2, 0.25) is 0 Å². The number of amides is 2. The highest BCUT2D eigenvalue weighted by molar-refractivity contribution is 6.08. The number of ether oxygens (including phenoxy) is 2. The van der Waals surface area contributed by atoms with Crippen molar-refractivity contribution in [3.05, 3.63) is 71.8 Å². The van der Waals surface area contributed by atoms with Gasteiger partial charge in [0.2, 0.25) is 5.91 Å². The van der Waals surface area contributed by atoms with Crippen molar-refractivity contribution >= 4 is 22.6 Å². The van der Waals surface area contributed by atoms with E-state index in [2.05, 4.69) is 5.32 Å². The lowest BCUT2D eigenvalue weighted by molar-refractivity contribution is -0.126. The first-order valence-electron chi connectivity index (χ1n) is 10.9. The van der Waals surface area contributed by atoms with Gasteiger partial charge in [-0.15, -0.1) is 0 Å². The molecule has 0 radical (unpaired) electrons. The van der Waals surface area contributed by atoms with Gasteiger partial charge in [-0.1, -0.05) is 36.4 Å². The van der Waals surface area contributed by atoms with Gasteiger partial charge < -0.3 is 19.7 Å². The third kappa shape index (κ3) is 4.54. The Morgan fingerprint density at radius 1 is 0.938 bits per heavy atom. The van der Waals surface area contributed by atoms with Gasteiger partial charge in [-0.2, -0.15) is 0 Å². The Morgan fingerprint density at radius 3 is 2.41 bits per heavy atom. The van der Waals surface area contributed by atoms with E-state index >= 15 is 0 Å². The molecule has 4 rings (SSSR count). The van der Waals surface area contributed by atoms with E-state index in [1.165, 1.54) is 0 Å². The van der Waals surface area contributed by atoms with Crippen LogP contribution in [-0.2, 0) is 11.3 Å². The minimum absolute atomic E-state index is 0.000841. The average Bonchev–Trinajstić information content (AvgIpc) is 2.86. The second kappa shape index (κ2) is 9.73. The van der Waals surface area contributed by atoms with Crippen LogP contribution in [-0.4, -0.2) is 44.0 Å². The summed E-state index contributed by atoms with van der Waals surface area (Å²) in [5.74, 6) is 1.48. The Kier molecular flexibility index (Phi) is 6.59. The summed E-state index contributed by atoms with van der Waals surface area (Å²) in [6.45, 7) is 1.60. The van der Waals surface area contributed by atoms with Gasteiger partial charge in [-0.25, -0.2) is 0 Å². The third-order valence-corrected chi connectivity index (χ3v) is 6.09. The maximum Gasteiger partial charge on any atom is 0.254 e. The first-order valence-corrected chi connectivity index (χ1v) is 10.9. The number of likely N-dealkylation sites (tertiary alicyclic amines) is 1. The van der Waals surface area contributed by atoms with Gasteiger partial charge in [0, 0.05) is 36.5 Å². The van der Waals surface area contributed by atoms with Crippen molar-refractivity contribution in [2.75, 3.05) is 27.3 Å². The summed E-state index contributed by atoms with van der Waals surface area (Å²) in [7, 11) is 3.26. The molecule has 1 saturated heterocycles. The average molecular weight is 433 g/mol. The molecule has 1 heterocycles. The van der Waals surface area contributed by atoms with Crippen LogP contribution < -0.4 is 14.8 Å². The molecule has 2 amide bonds. The first kappa shape index (κ1) is 21.7. The van der Waals surface area contributed by atoms with E-state index in [1.807, 2.05) is 65.6 Å². The highest BCUT2D eigenvalue weighted by atomic mass is 16.5. The Morgan fingerprint density at radius 2 is 1.69 bits per heavy atom. The lowest BCUT2D eigenvalue weighted by atomic mass is 9.94. The summed E-state index contributed by atoms with van der Waals surface area (Å²) in [6, 6.07) is 19.1. The molecule has 0 atom stereocenters. The molecule has 0 spiro atoms. The molecule has 0 bridgehead atoms. The van der Waals surface area contributed by atoms with Gasteiger partial charge in [0.25, 0.3) is 5.91 Å². The van der Waals surface area contributed by atoms with Gasteiger partial charge in [0.1, 0.15) is 11.5 Å². The number of rotatable bonds is 6. The van der Waals surface area contributed by atoms with Crippen LogP contribution in [0.4, 0.5) is 0 Å². The van der Waals surface area contributed by atoms with Crippen molar-refractivity contribution in [3.8, 4) is 11.5 Å². The Balaban J connectivity index is 1.37. The number of hydrogen-bond acceptors (Lipinski definition) is 4.